The first-order valence-electron chi connectivity index (χ1n) is 11.3. The molecule has 0 spiro atoms. The van der Waals surface area contributed by atoms with Crippen LogP contribution in [0.25, 0.3) is 11.3 Å². The van der Waals surface area contributed by atoms with Gasteiger partial charge in [-0.2, -0.15) is 0 Å². The monoisotopic (exact) mass is 469 g/mol. The molecule has 0 bridgehead atoms. The summed E-state index contributed by atoms with van der Waals surface area (Å²) in [5.41, 5.74) is 2.78. The van der Waals surface area contributed by atoms with Crippen molar-refractivity contribution in [2.24, 2.45) is 0 Å². The largest absolute Gasteiger partial charge is 0.497 e. The lowest BCUT2D eigenvalue weighted by atomic mass is 10.0. The van der Waals surface area contributed by atoms with Crippen LogP contribution in [0.4, 0.5) is 0 Å². The summed E-state index contributed by atoms with van der Waals surface area (Å²) >= 11 is 0. The smallest absolute Gasteiger partial charge is 0.274 e. The number of carbonyl (C=O) groups is 2. The molecular weight excluding hydrogens is 442 g/mol. The summed E-state index contributed by atoms with van der Waals surface area (Å²) < 4.78 is 10.6. The minimum Gasteiger partial charge on any atom is -0.497 e. The fourth-order valence-corrected chi connectivity index (χ4v) is 3.78. The maximum atomic E-state index is 13.4. The third kappa shape index (κ3) is 6.14. The Morgan fingerprint density at radius 2 is 1.63 bits per heavy atom. The van der Waals surface area contributed by atoms with Crippen LogP contribution in [0.3, 0.4) is 0 Å². The van der Waals surface area contributed by atoms with Gasteiger partial charge in [0.25, 0.3) is 5.91 Å². The van der Waals surface area contributed by atoms with Gasteiger partial charge < -0.3 is 19.5 Å². The molecule has 0 fully saturated rings. The topological polar surface area (TPSA) is 84.7 Å². The van der Waals surface area contributed by atoms with Gasteiger partial charge in [-0.05, 0) is 23.3 Å². The van der Waals surface area contributed by atoms with E-state index in [4.69, 9.17) is 9.26 Å². The van der Waals surface area contributed by atoms with Crippen molar-refractivity contribution in [3.8, 4) is 17.1 Å². The quantitative estimate of drug-likeness (QED) is 0.394. The molecule has 7 nitrogen and oxygen atoms in total. The SMILES string of the molecule is COc1cccc(-c2cc(C(=O)NC(Cc3ccccc3)C(=O)N(C)Cc3ccccc3)no2)c1. The van der Waals surface area contributed by atoms with E-state index in [9.17, 15) is 9.59 Å². The van der Waals surface area contributed by atoms with Gasteiger partial charge in [0.2, 0.25) is 5.91 Å². The molecule has 0 aliphatic rings. The molecule has 1 heterocycles. The summed E-state index contributed by atoms with van der Waals surface area (Å²) in [4.78, 5) is 28.1. The zero-order valence-corrected chi connectivity index (χ0v) is 19.7. The van der Waals surface area contributed by atoms with Crippen LogP contribution in [0.1, 0.15) is 21.6 Å². The minimum absolute atomic E-state index is 0.0967. The molecule has 0 aliphatic carbocycles. The maximum Gasteiger partial charge on any atom is 0.274 e. The fourth-order valence-electron chi connectivity index (χ4n) is 3.78. The van der Waals surface area contributed by atoms with Crippen molar-refractivity contribution >= 4 is 11.8 Å². The molecule has 1 atom stereocenters. The second-order valence-corrected chi connectivity index (χ2v) is 8.20. The molecule has 0 radical (unpaired) electrons. The Labute approximate surface area is 204 Å². The number of aromatic nitrogens is 1. The summed E-state index contributed by atoms with van der Waals surface area (Å²) in [6.07, 6.45) is 0.352. The summed E-state index contributed by atoms with van der Waals surface area (Å²) in [5, 5.41) is 6.79. The van der Waals surface area contributed by atoms with Crippen LogP contribution in [-0.2, 0) is 17.8 Å². The molecule has 0 saturated carbocycles. The van der Waals surface area contributed by atoms with Gasteiger partial charge in [0.15, 0.2) is 11.5 Å². The number of likely N-dealkylation sites (N-methyl/N-ethyl adjacent to an activating group) is 1. The highest BCUT2D eigenvalue weighted by atomic mass is 16.5. The molecule has 0 aliphatic heterocycles. The van der Waals surface area contributed by atoms with E-state index in [1.807, 2.05) is 78.9 Å². The molecule has 4 aromatic rings. The molecule has 1 unspecified atom stereocenters. The van der Waals surface area contributed by atoms with Gasteiger partial charge in [-0.25, -0.2) is 0 Å². The van der Waals surface area contributed by atoms with E-state index >= 15 is 0 Å². The van der Waals surface area contributed by atoms with Gasteiger partial charge >= 0.3 is 0 Å². The summed E-state index contributed by atoms with van der Waals surface area (Å²) in [5.74, 6) is 0.425. The van der Waals surface area contributed by atoms with E-state index < -0.39 is 11.9 Å². The van der Waals surface area contributed by atoms with E-state index in [2.05, 4.69) is 10.5 Å². The molecule has 178 valence electrons. The summed E-state index contributed by atoms with van der Waals surface area (Å²) in [6.45, 7) is 0.435. The molecule has 2 amide bonds. The Bertz CT molecular complexity index is 1270. The number of rotatable bonds is 9. The van der Waals surface area contributed by atoms with Crippen LogP contribution < -0.4 is 10.1 Å². The number of nitrogens with zero attached hydrogens (tertiary/aromatic N) is 2. The molecule has 7 heteroatoms. The van der Waals surface area contributed by atoms with Gasteiger partial charge in [0.05, 0.1) is 7.11 Å². The van der Waals surface area contributed by atoms with Crippen molar-refractivity contribution in [1.29, 1.82) is 0 Å². The first-order valence-corrected chi connectivity index (χ1v) is 11.3. The van der Waals surface area contributed by atoms with Crippen LogP contribution in [0.5, 0.6) is 5.75 Å². The third-order valence-corrected chi connectivity index (χ3v) is 5.62. The lowest BCUT2D eigenvalue weighted by Crippen LogP contribution is -2.48. The number of nitrogens with one attached hydrogen (secondary N) is 1. The molecular formula is C28H27N3O4. The Balaban J connectivity index is 1.51. The van der Waals surface area contributed by atoms with Crippen molar-refractivity contribution in [3.05, 3.63) is 108 Å². The maximum absolute atomic E-state index is 13.4. The number of carbonyl (C=O) groups excluding carboxylic acids is 2. The molecule has 3 aromatic carbocycles. The van der Waals surface area contributed by atoms with Gasteiger partial charge in [-0.3, -0.25) is 9.59 Å². The first kappa shape index (κ1) is 23.8. The van der Waals surface area contributed by atoms with Crippen molar-refractivity contribution in [3.63, 3.8) is 0 Å². The van der Waals surface area contributed by atoms with Crippen molar-refractivity contribution in [2.45, 2.75) is 19.0 Å². The lowest BCUT2D eigenvalue weighted by Gasteiger charge is -2.24. The molecule has 4 rings (SSSR count). The van der Waals surface area contributed by atoms with Crippen LogP contribution in [0.2, 0.25) is 0 Å². The highest BCUT2D eigenvalue weighted by Gasteiger charge is 2.26. The zero-order valence-electron chi connectivity index (χ0n) is 19.7. The average Bonchev–Trinajstić information content (AvgIpc) is 3.40. The minimum atomic E-state index is -0.768. The summed E-state index contributed by atoms with van der Waals surface area (Å²) in [7, 11) is 3.31. The number of ether oxygens (including phenoxy) is 1. The molecule has 1 aromatic heterocycles. The Morgan fingerprint density at radius 3 is 2.31 bits per heavy atom. The van der Waals surface area contributed by atoms with E-state index in [0.717, 1.165) is 16.7 Å². The predicted octanol–water partition coefficient (Wildman–Crippen LogP) is 4.35. The normalized spacial score (nSPS) is 11.5. The van der Waals surface area contributed by atoms with Gasteiger partial charge in [-0.1, -0.05) is 78.0 Å². The second-order valence-electron chi connectivity index (χ2n) is 8.20. The molecule has 0 saturated heterocycles. The average molecular weight is 470 g/mol. The zero-order chi connectivity index (χ0) is 24.6. The number of amides is 2. The van der Waals surface area contributed by atoms with Crippen molar-refractivity contribution < 1.29 is 18.8 Å². The number of hydrogen-bond donors (Lipinski definition) is 1. The van der Waals surface area contributed by atoms with Gasteiger partial charge in [-0.15, -0.1) is 0 Å². The van der Waals surface area contributed by atoms with Crippen LogP contribution in [-0.4, -0.2) is 42.1 Å². The molecule has 35 heavy (non-hydrogen) atoms. The van der Waals surface area contributed by atoms with E-state index in [1.54, 1.807) is 31.2 Å². The third-order valence-electron chi connectivity index (χ3n) is 5.62. The second kappa shape index (κ2) is 11.2. The highest BCUT2D eigenvalue weighted by Crippen LogP contribution is 2.24. The Morgan fingerprint density at radius 1 is 0.943 bits per heavy atom. The highest BCUT2D eigenvalue weighted by molar-refractivity contribution is 5.96. The standard InChI is InChI=1S/C28H27N3O4/c1-31(19-21-12-7-4-8-13-21)28(33)25(16-20-10-5-3-6-11-20)29-27(32)24-18-26(35-30-24)22-14-9-15-23(17-22)34-2/h3-15,17-18,25H,16,19H2,1-2H3,(H,29,32). The number of hydrogen-bond acceptors (Lipinski definition) is 5. The van der Waals surface area contributed by atoms with E-state index in [0.29, 0.717) is 24.5 Å². The Hall–Kier alpha value is -4.39. The van der Waals surface area contributed by atoms with Crippen LogP contribution >= 0.6 is 0 Å². The number of methoxy groups -OCH3 is 1. The van der Waals surface area contributed by atoms with E-state index in [-0.39, 0.29) is 11.6 Å². The predicted molar refractivity (Wildman–Crippen MR) is 133 cm³/mol. The van der Waals surface area contributed by atoms with E-state index in [1.165, 1.54) is 0 Å². The van der Waals surface area contributed by atoms with Crippen LogP contribution in [0, 0.1) is 0 Å². The summed E-state index contributed by atoms with van der Waals surface area (Å²) in [6, 6.07) is 27.4. The molecule has 1 N–H and O–H groups in total. The Kier molecular flexibility index (Phi) is 7.57. The van der Waals surface area contributed by atoms with Crippen molar-refractivity contribution in [2.75, 3.05) is 14.2 Å². The lowest BCUT2D eigenvalue weighted by molar-refractivity contribution is -0.132. The first-order chi connectivity index (χ1) is 17.0. The van der Waals surface area contributed by atoms with Gasteiger partial charge in [0.1, 0.15) is 11.8 Å². The van der Waals surface area contributed by atoms with Gasteiger partial charge in [0, 0.05) is 31.6 Å². The van der Waals surface area contributed by atoms with Crippen LogP contribution in [0.15, 0.2) is 95.5 Å². The fraction of sp³-hybridized carbons (Fsp3) is 0.179. The number of benzene rings is 3. The van der Waals surface area contributed by atoms with Crippen molar-refractivity contribution in [1.82, 2.24) is 15.4 Å².